The Bertz CT molecular complexity index is 1300. The molecule has 35 heavy (non-hydrogen) atoms. The van der Waals surface area contributed by atoms with Crippen LogP contribution >= 0.6 is 0 Å². The standard InChI is InChI=1S/C29H24O6/c1-33-26-16-24(25(29(31)32)17-27(26)35-19-21-10-6-3-7-11-21)28(30)22-12-14-23(15-13-22)34-18-20-8-4-2-5-9-20/h2-17H,18-19H2,1H3,(H,31,32). The molecule has 0 spiro atoms. The molecule has 0 unspecified atom stereocenters. The Morgan fingerprint density at radius 1 is 0.686 bits per heavy atom. The van der Waals surface area contributed by atoms with E-state index in [0.29, 0.717) is 17.9 Å². The number of ether oxygens (including phenoxy) is 3. The van der Waals surface area contributed by atoms with Crippen LogP contribution in [0.4, 0.5) is 0 Å². The first kappa shape index (κ1) is 23.6. The van der Waals surface area contributed by atoms with E-state index in [-0.39, 0.29) is 29.2 Å². The van der Waals surface area contributed by atoms with Crippen molar-refractivity contribution in [2.45, 2.75) is 13.2 Å². The van der Waals surface area contributed by atoms with Gasteiger partial charge < -0.3 is 19.3 Å². The van der Waals surface area contributed by atoms with Crippen LogP contribution in [0.25, 0.3) is 0 Å². The fourth-order valence-electron chi connectivity index (χ4n) is 3.53. The summed E-state index contributed by atoms with van der Waals surface area (Å²) >= 11 is 0. The van der Waals surface area contributed by atoms with Gasteiger partial charge in [0.2, 0.25) is 0 Å². The summed E-state index contributed by atoms with van der Waals surface area (Å²) in [5.74, 6) is -0.550. The number of ketones is 1. The number of aromatic carboxylic acids is 1. The minimum Gasteiger partial charge on any atom is -0.493 e. The highest BCUT2D eigenvalue weighted by molar-refractivity contribution is 6.14. The second kappa shape index (κ2) is 11.0. The number of hydrogen-bond donors (Lipinski definition) is 1. The third kappa shape index (κ3) is 5.86. The van der Waals surface area contributed by atoms with Gasteiger partial charge in [-0.05, 0) is 47.5 Å². The van der Waals surface area contributed by atoms with Gasteiger partial charge in [0, 0.05) is 11.1 Å². The Morgan fingerprint density at radius 3 is 1.77 bits per heavy atom. The summed E-state index contributed by atoms with van der Waals surface area (Å²) in [5, 5.41) is 9.79. The molecule has 4 aromatic rings. The number of carboxylic acid groups (broad SMARTS) is 1. The van der Waals surface area contributed by atoms with Gasteiger partial charge in [0.05, 0.1) is 12.7 Å². The molecule has 0 radical (unpaired) electrons. The molecule has 0 aromatic heterocycles. The number of carboxylic acids is 1. The van der Waals surface area contributed by atoms with Gasteiger partial charge in [0.1, 0.15) is 19.0 Å². The normalized spacial score (nSPS) is 10.4. The van der Waals surface area contributed by atoms with E-state index < -0.39 is 11.8 Å². The zero-order valence-corrected chi connectivity index (χ0v) is 19.1. The Hall–Kier alpha value is -4.58. The van der Waals surface area contributed by atoms with Crippen LogP contribution in [-0.4, -0.2) is 24.0 Å². The predicted octanol–water partition coefficient (Wildman–Crippen LogP) is 5.78. The highest BCUT2D eigenvalue weighted by Crippen LogP contribution is 2.33. The molecule has 176 valence electrons. The quantitative estimate of drug-likeness (QED) is 0.297. The van der Waals surface area contributed by atoms with E-state index in [4.69, 9.17) is 14.2 Å². The van der Waals surface area contributed by atoms with Crippen LogP contribution in [0.15, 0.2) is 97.1 Å². The highest BCUT2D eigenvalue weighted by Gasteiger charge is 2.22. The van der Waals surface area contributed by atoms with E-state index in [1.54, 1.807) is 24.3 Å². The molecule has 6 heteroatoms. The SMILES string of the molecule is COc1cc(C(=O)c2ccc(OCc3ccccc3)cc2)c(C(=O)O)cc1OCc1ccccc1. The molecule has 6 nitrogen and oxygen atoms in total. The Kier molecular flexibility index (Phi) is 7.43. The summed E-state index contributed by atoms with van der Waals surface area (Å²) in [4.78, 5) is 25.2. The molecule has 0 atom stereocenters. The Labute approximate surface area is 203 Å². The second-order valence-electron chi connectivity index (χ2n) is 7.76. The van der Waals surface area contributed by atoms with Crippen molar-refractivity contribution in [1.82, 2.24) is 0 Å². The zero-order valence-electron chi connectivity index (χ0n) is 19.1. The summed E-state index contributed by atoms with van der Waals surface area (Å²) in [6, 6.07) is 28.5. The van der Waals surface area contributed by atoms with E-state index in [1.165, 1.54) is 19.2 Å². The second-order valence-corrected chi connectivity index (χ2v) is 7.76. The van der Waals surface area contributed by atoms with Crippen molar-refractivity contribution < 1.29 is 28.9 Å². The molecule has 0 saturated carbocycles. The van der Waals surface area contributed by atoms with Gasteiger partial charge in [-0.2, -0.15) is 0 Å². The number of rotatable bonds is 10. The van der Waals surface area contributed by atoms with Gasteiger partial charge in [-0.3, -0.25) is 4.79 Å². The van der Waals surface area contributed by atoms with E-state index in [2.05, 4.69) is 0 Å². The lowest BCUT2D eigenvalue weighted by Gasteiger charge is -2.14. The summed E-state index contributed by atoms with van der Waals surface area (Å²) in [7, 11) is 1.44. The van der Waals surface area contributed by atoms with Gasteiger partial charge in [0.25, 0.3) is 0 Å². The third-order valence-corrected chi connectivity index (χ3v) is 5.38. The smallest absolute Gasteiger partial charge is 0.336 e. The van der Waals surface area contributed by atoms with Crippen LogP contribution in [0.3, 0.4) is 0 Å². The van der Waals surface area contributed by atoms with Crippen molar-refractivity contribution in [3.05, 3.63) is 125 Å². The van der Waals surface area contributed by atoms with Gasteiger partial charge in [-0.15, -0.1) is 0 Å². The first-order valence-electron chi connectivity index (χ1n) is 11.0. The number of carbonyl (C=O) groups is 2. The van der Waals surface area contributed by atoms with Crippen molar-refractivity contribution in [2.24, 2.45) is 0 Å². The van der Waals surface area contributed by atoms with Crippen LogP contribution in [0.5, 0.6) is 17.2 Å². The van der Waals surface area contributed by atoms with Crippen LogP contribution < -0.4 is 14.2 Å². The fourth-order valence-corrected chi connectivity index (χ4v) is 3.53. The maximum Gasteiger partial charge on any atom is 0.336 e. The Morgan fingerprint density at radius 2 is 1.23 bits per heavy atom. The molecule has 4 rings (SSSR count). The highest BCUT2D eigenvalue weighted by atomic mass is 16.5. The number of benzene rings is 4. The van der Waals surface area contributed by atoms with E-state index >= 15 is 0 Å². The van der Waals surface area contributed by atoms with Gasteiger partial charge in [-0.25, -0.2) is 4.79 Å². The molecule has 1 N–H and O–H groups in total. The maximum absolute atomic E-state index is 13.2. The van der Waals surface area contributed by atoms with Crippen LogP contribution in [0.2, 0.25) is 0 Å². The molecule has 0 fully saturated rings. The molecule has 4 aromatic carbocycles. The average molecular weight is 469 g/mol. The number of carbonyl (C=O) groups excluding carboxylic acids is 1. The van der Waals surface area contributed by atoms with Crippen molar-refractivity contribution >= 4 is 11.8 Å². The third-order valence-electron chi connectivity index (χ3n) is 5.38. The predicted molar refractivity (Wildman–Crippen MR) is 131 cm³/mol. The van der Waals surface area contributed by atoms with Gasteiger partial charge >= 0.3 is 5.97 Å². The van der Waals surface area contributed by atoms with Crippen molar-refractivity contribution in [3.8, 4) is 17.2 Å². The van der Waals surface area contributed by atoms with Gasteiger partial charge in [0.15, 0.2) is 17.3 Å². The van der Waals surface area contributed by atoms with E-state index in [0.717, 1.165) is 11.1 Å². The van der Waals surface area contributed by atoms with Crippen molar-refractivity contribution in [2.75, 3.05) is 7.11 Å². The molecule has 0 aliphatic rings. The summed E-state index contributed by atoms with van der Waals surface area (Å²) in [6.07, 6.45) is 0. The monoisotopic (exact) mass is 468 g/mol. The number of methoxy groups -OCH3 is 1. The molecule has 0 aliphatic carbocycles. The van der Waals surface area contributed by atoms with E-state index in [9.17, 15) is 14.7 Å². The topological polar surface area (TPSA) is 82.1 Å². The zero-order chi connectivity index (χ0) is 24.6. The molecule has 0 amide bonds. The Balaban J connectivity index is 1.54. The molecular weight excluding hydrogens is 444 g/mol. The van der Waals surface area contributed by atoms with Crippen LogP contribution in [-0.2, 0) is 13.2 Å². The maximum atomic E-state index is 13.2. The largest absolute Gasteiger partial charge is 0.493 e. The lowest BCUT2D eigenvalue weighted by Crippen LogP contribution is -2.11. The van der Waals surface area contributed by atoms with Crippen LogP contribution in [0.1, 0.15) is 37.4 Å². The lowest BCUT2D eigenvalue weighted by atomic mass is 9.97. The lowest BCUT2D eigenvalue weighted by molar-refractivity contribution is 0.0692. The first-order chi connectivity index (χ1) is 17.0. The van der Waals surface area contributed by atoms with Crippen molar-refractivity contribution in [3.63, 3.8) is 0 Å². The number of hydrogen-bond acceptors (Lipinski definition) is 5. The molecule has 0 heterocycles. The molecule has 0 saturated heterocycles. The average Bonchev–Trinajstić information content (AvgIpc) is 2.91. The summed E-state index contributed by atoms with van der Waals surface area (Å²) in [5.41, 5.74) is 2.13. The molecule has 0 bridgehead atoms. The summed E-state index contributed by atoms with van der Waals surface area (Å²) < 4.78 is 17.0. The fraction of sp³-hybridized carbons (Fsp3) is 0.103. The summed E-state index contributed by atoms with van der Waals surface area (Å²) in [6.45, 7) is 0.632. The van der Waals surface area contributed by atoms with Crippen molar-refractivity contribution in [1.29, 1.82) is 0 Å². The van der Waals surface area contributed by atoms with E-state index in [1.807, 2.05) is 60.7 Å². The van der Waals surface area contributed by atoms with Gasteiger partial charge in [-0.1, -0.05) is 60.7 Å². The molecule has 0 aliphatic heterocycles. The minimum absolute atomic E-state index is 0.0133. The minimum atomic E-state index is -1.23. The molecular formula is C29H24O6. The van der Waals surface area contributed by atoms with Crippen LogP contribution in [0, 0.1) is 0 Å². The first-order valence-corrected chi connectivity index (χ1v) is 11.0.